The van der Waals surface area contributed by atoms with E-state index in [1.807, 2.05) is 24.3 Å². The van der Waals surface area contributed by atoms with E-state index in [4.69, 9.17) is 4.74 Å². The fourth-order valence-corrected chi connectivity index (χ4v) is 1.89. The Hall–Kier alpha value is -0.540. The second-order valence-electron chi connectivity index (χ2n) is 4.27. The summed E-state index contributed by atoms with van der Waals surface area (Å²) >= 11 is 3.41. The molecule has 1 aromatic rings. The predicted octanol–water partition coefficient (Wildman–Crippen LogP) is 4.00. The molecule has 17 heavy (non-hydrogen) atoms. The predicted molar refractivity (Wildman–Crippen MR) is 76.6 cm³/mol. The molecule has 1 unspecified atom stereocenters. The number of hydrogen-bond donors (Lipinski definition) is 1. The van der Waals surface area contributed by atoms with E-state index in [9.17, 15) is 0 Å². The number of ether oxygens (including phenoxy) is 1. The third-order valence-corrected chi connectivity index (χ3v) is 3.07. The van der Waals surface area contributed by atoms with E-state index in [1.165, 1.54) is 6.42 Å². The maximum absolute atomic E-state index is 5.83. The molecule has 1 N–H and O–H groups in total. The average molecular weight is 300 g/mol. The van der Waals surface area contributed by atoms with Crippen LogP contribution < -0.4 is 10.1 Å². The van der Waals surface area contributed by atoms with Crippen molar-refractivity contribution in [2.75, 3.05) is 13.1 Å². The van der Waals surface area contributed by atoms with Crippen molar-refractivity contribution in [3.05, 3.63) is 28.7 Å². The second kappa shape index (κ2) is 8.54. The minimum atomic E-state index is 0.277. The molecule has 1 atom stereocenters. The maximum Gasteiger partial charge on any atom is 0.119 e. The van der Waals surface area contributed by atoms with Gasteiger partial charge in [0.2, 0.25) is 0 Å². The number of nitrogens with one attached hydrogen (secondary N) is 1. The van der Waals surface area contributed by atoms with E-state index in [-0.39, 0.29) is 6.10 Å². The Labute approximate surface area is 113 Å². The van der Waals surface area contributed by atoms with E-state index < -0.39 is 0 Å². The molecule has 0 radical (unpaired) electrons. The van der Waals surface area contributed by atoms with Crippen molar-refractivity contribution < 1.29 is 4.74 Å². The van der Waals surface area contributed by atoms with Crippen LogP contribution in [0.15, 0.2) is 28.7 Å². The summed E-state index contributed by atoms with van der Waals surface area (Å²) in [5, 5.41) is 3.40. The van der Waals surface area contributed by atoms with Crippen LogP contribution >= 0.6 is 15.9 Å². The van der Waals surface area contributed by atoms with Gasteiger partial charge in [0, 0.05) is 4.47 Å². The van der Waals surface area contributed by atoms with Crippen molar-refractivity contribution in [3.8, 4) is 5.75 Å². The number of benzene rings is 1. The molecule has 0 saturated carbocycles. The Kier molecular flexibility index (Phi) is 7.29. The highest BCUT2D eigenvalue weighted by Gasteiger charge is 2.03. The number of halogens is 1. The summed E-state index contributed by atoms with van der Waals surface area (Å²) in [6.07, 6.45) is 3.73. The molecule has 0 amide bonds. The molecule has 0 fully saturated rings. The lowest BCUT2D eigenvalue weighted by molar-refractivity contribution is 0.207. The minimum Gasteiger partial charge on any atom is -0.491 e. The molecule has 1 aromatic carbocycles. The van der Waals surface area contributed by atoms with Crippen molar-refractivity contribution in [3.63, 3.8) is 0 Å². The Morgan fingerprint density at radius 3 is 2.59 bits per heavy atom. The van der Waals surface area contributed by atoms with Crippen LogP contribution in [0.1, 0.15) is 33.1 Å². The highest BCUT2D eigenvalue weighted by atomic mass is 79.9. The lowest BCUT2D eigenvalue weighted by Gasteiger charge is -2.14. The molecule has 0 bridgehead atoms. The molecule has 3 heteroatoms. The number of hydrogen-bond acceptors (Lipinski definition) is 2. The zero-order valence-electron chi connectivity index (χ0n) is 10.7. The molecule has 96 valence electrons. The van der Waals surface area contributed by atoms with Crippen LogP contribution in [0, 0.1) is 0 Å². The van der Waals surface area contributed by atoms with Gasteiger partial charge in [0.25, 0.3) is 0 Å². The molecular formula is C14H22BrNO. The van der Waals surface area contributed by atoms with Crippen LogP contribution in [0.2, 0.25) is 0 Å². The maximum atomic E-state index is 5.83. The molecule has 1 rings (SSSR count). The smallest absolute Gasteiger partial charge is 0.119 e. The van der Waals surface area contributed by atoms with Gasteiger partial charge in [-0.3, -0.25) is 0 Å². The van der Waals surface area contributed by atoms with Gasteiger partial charge in [-0.25, -0.2) is 0 Å². The van der Waals surface area contributed by atoms with Crippen molar-refractivity contribution in [2.45, 2.75) is 39.2 Å². The molecule has 0 aliphatic carbocycles. The molecule has 0 aliphatic heterocycles. The first-order valence-corrected chi connectivity index (χ1v) is 7.14. The standard InChI is InChI=1S/C14H22BrNO/c1-3-10-16-11-4-5-12(2)17-14-8-6-13(15)7-9-14/h6-9,12,16H,3-5,10-11H2,1-2H3. The van der Waals surface area contributed by atoms with Crippen molar-refractivity contribution in [2.24, 2.45) is 0 Å². The summed E-state index contributed by atoms with van der Waals surface area (Å²) < 4.78 is 6.91. The van der Waals surface area contributed by atoms with Gasteiger partial charge in [-0.2, -0.15) is 0 Å². The number of rotatable bonds is 8. The van der Waals surface area contributed by atoms with Gasteiger partial charge < -0.3 is 10.1 Å². The summed E-state index contributed by atoms with van der Waals surface area (Å²) in [6.45, 7) is 6.51. The van der Waals surface area contributed by atoms with Gasteiger partial charge >= 0.3 is 0 Å². The third kappa shape index (κ3) is 6.69. The second-order valence-corrected chi connectivity index (χ2v) is 5.19. The van der Waals surface area contributed by atoms with Crippen molar-refractivity contribution >= 4 is 15.9 Å². The SMILES string of the molecule is CCCNCCCC(C)Oc1ccc(Br)cc1. The van der Waals surface area contributed by atoms with Gasteiger partial charge in [0.1, 0.15) is 5.75 Å². The fourth-order valence-electron chi connectivity index (χ4n) is 1.62. The topological polar surface area (TPSA) is 21.3 Å². The minimum absolute atomic E-state index is 0.277. The highest BCUT2D eigenvalue weighted by molar-refractivity contribution is 9.10. The lowest BCUT2D eigenvalue weighted by Crippen LogP contribution is -2.19. The first-order chi connectivity index (χ1) is 8.22. The largest absolute Gasteiger partial charge is 0.491 e. The molecular weight excluding hydrogens is 278 g/mol. The summed E-state index contributed by atoms with van der Waals surface area (Å²) in [4.78, 5) is 0. The molecule has 0 saturated heterocycles. The molecule has 0 spiro atoms. The normalized spacial score (nSPS) is 12.4. The Morgan fingerprint density at radius 1 is 1.24 bits per heavy atom. The molecule has 0 heterocycles. The third-order valence-electron chi connectivity index (χ3n) is 2.54. The van der Waals surface area contributed by atoms with E-state index in [2.05, 4.69) is 35.1 Å². The van der Waals surface area contributed by atoms with E-state index in [0.717, 1.165) is 36.2 Å². The molecule has 0 aromatic heterocycles. The monoisotopic (exact) mass is 299 g/mol. The van der Waals surface area contributed by atoms with E-state index >= 15 is 0 Å². The Bertz CT molecular complexity index is 300. The zero-order valence-corrected chi connectivity index (χ0v) is 12.3. The van der Waals surface area contributed by atoms with Gasteiger partial charge in [0.05, 0.1) is 6.10 Å². The first kappa shape index (κ1) is 14.5. The van der Waals surface area contributed by atoms with Crippen LogP contribution in [0.5, 0.6) is 5.75 Å². The zero-order chi connectivity index (χ0) is 12.5. The van der Waals surface area contributed by atoms with E-state index in [1.54, 1.807) is 0 Å². The Morgan fingerprint density at radius 2 is 1.94 bits per heavy atom. The summed E-state index contributed by atoms with van der Waals surface area (Å²) in [5.74, 6) is 0.946. The summed E-state index contributed by atoms with van der Waals surface area (Å²) in [5.41, 5.74) is 0. The first-order valence-electron chi connectivity index (χ1n) is 6.35. The lowest BCUT2D eigenvalue weighted by atomic mass is 10.2. The highest BCUT2D eigenvalue weighted by Crippen LogP contribution is 2.18. The quantitative estimate of drug-likeness (QED) is 0.733. The summed E-state index contributed by atoms with van der Waals surface area (Å²) in [7, 11) is 0. The summed E-state index contributed by atoms with van der Waals surface area (Å²) in [6, 6.07) is 8.00. The van der Waals surface area contributed by atoms with Gasteiger partial charge in [-0.1, -0.05) is 22.9 Å². The average Bonchev–Trinajstić information content (AvgIpc) is 2.32. The van der Waals surface area contributed by atoms with Gasteiger partial charge in [0.15, 0.2) is 0 Å². The fraction of sp³-hybridized carbons (Fsp3) is 0.571. The molecule has 0 aliphatic rings. The van der Waals surface area contributed by atoms with Crippen molar-refractivity contribution in [1.29, 1.82) is 0 Å². The van der Waals surface area contributed by atoms with Gasteiger partial charge in [-0.05, 0) is 63.5 Å². The van der Waals surface area contributed by atoms with Crippen molar-refractivity contribution in [1.82, 2.24) is 5.32 Å². The van der Waals surface area contributed by atoms with Crippen LogP contribution in [-0.4, -0.2) is 19.2 Å². The van der Waals surface area contributed by atoms with Crippen LogP contribution in [0.3, 0.4) is 0 Å². The Balaban J connectivity index is 2.16. The van der Waals surface area contributed by atoms with Gasteiger partial charge in [-0.15, -0.1) is 0 Å². The van der Waals surface area contributed by atoms with Crippen LogP contribution in [0.25, 0.3) is 0 Å². The van der Waals surface area contributed by atoms with Crippen LogP contribution in [0.4, 0.5) is 0 Å². The van der Waals surface area contributed by atoms with E-state index in [0.29, 0.717) is 0 Å². The van der Waals surface area contributed by atoms with Crippen LogP contribution in [-0.2, 0) is 0 Å². The molecule has 2 nitrogen and oxygen atoms in total.